The highest BCUT2D eigenvalue weighted by Crippen LogP contribution is 2.26. The molecule has 0 fully saturated rings. The number of aromatic nitrogens is 1. The van der Waals surface area contributed by atoms with Gasteiger partial charge in [0.1, 0.15) is 17.0 Å². The number of carbonyl (C=O) groups is 1. The lowest BCUT2D eigenvalue weighted by Gasteiger charge is -2.05. The van der Waals surface area contributed by atoms with E-state index in [4.69, 9.17) is 9.47 Å². The Labute approximate surface area is 150 Å². The average molecular weight is 356 g/mol. The van der Waals surface area contributed by atoms with Crippen molar-refractivity contribution >= 4 is 27.5 Å². The van der Waals surface area contributed by atoms with Gasteiger partial charge in [-0.15, -0.1) is 0 Å². The minimum Gasteiger partial charge on any atom is -0.493 e. The Morgan fingerprint density at radius 1 is 1.12 bits per heavy atom. The molecule has 0 aliphatic carbocycles. The van der Waals surface area contributed by atoms with E-state index in [0.717, 1.165) is 21.7 Å². The standard InChI is InChI=1S/C19H20N2O3S/c1-3-23-15-10-7-11-16-18(15)21(2)19(25-16)20-17(22)12-13-24-14-8-5-4-6-9-14/h4-11H,3,12-13H2,1-2H3. The Morgan fingerprint density at radius 2 is 1.92 bits per heavy atom. The minimum atomic E-state index is -0.198. The molecule has 0 spiro atoms. The van der Waals surface area contributed by atoms with Crippen LogP contribution >= 0.6 is 11.3 Å². The molecule has 0 unspecified atom stereocenters. The lowest BCUT2D eigenvalue weighted by molar-refractivity contribution is -0.118. The highest BCUT2D eigenvalue weighted by atomic mass is 32.1. The molecule has 0 atom stereocenters. The second-order valence-corrected chi connectivity index (χ2v) is 6.41. The van der Waals surface area contributed by atoms with Crippen LogP contribution in [0.3, 0.4) is 0 Å². The predicted octanol–water partition coefficient (Wildman–Crippen LogP) is 3.53. The predicted molar refractivity (Wildman–Crippen MR) is 99.1 cm³/mol. The van der Waals surface area contributed by atoms with E-state index in [-0.39, 0.29) is 12.3 Å². The number of ether oxygens (including phenoxy) is 2. The lowest BCUT2D eigenvalue weighted by atomic mass is 10.3. The van der Waals surface area contributed by atoms with E-state index in [0.29, 0.717) is 18.0 Å². The van der Waals surface area contributed by atoms with E-state index < -0.39 is 0 Å². The van der Waals surface area contributed by atoms with Gasteiger partial charge < -0.3 is 14.0 Å². The molecule has 0 N–H and O–H groups in total. The molecule has 2 aromatic carbocycles. The van der Waals surface area contributed by atoms with Crippen molar-refractivity contribution in [1.82, 2.24) is 4.57 Å². The van der Waals surface area contributed by atoms with Crippen molar-refractivity contribution in [2.75, 3.05) is 13.2 Å². The second-order valence-electron chi connectivity index (χ2n) is 5.40. The molecular formula is C19H20N2O3S. The molecular weight excluding hydrogens is 336 g/mol. The summed E-state index contributed by atoms with van der Waals surface area (Å²) in [4.78, 5) is 17.1. The lowest BCUT2D eigenvalue weighted by Crippen LogP contribution is -2.15. The fourth-order valence-corrected chi connectivity index (χ4v) is 3.54. The molecule has 3 rings (SSSR count). The molecule has 0 aliphatic heterocycles. The quantitative estimate of drug-likeness (QED) is 0.679. The van der Waals surface area contributed by atoms with Gasteiger partial charge in [-0.05, 0) is 31.2 Å². The van der Waals surface area contributed by atoms with Crippen molar-refractivity contribution in [2.45, 2.75) is 13.3 Å². The maximum absolute atomic E-state index is 12.2. The number of amides is 1. The molecule has 5 nitrogen and oxygen atoms in total. The number of fused-ring (bicyclic) bond motifs is 1. The van der Waals surface area contributed by atoms with E-state index in [9.17, 15) is 4.79 Å². The number of thiazole rings is 1. The molecule has 1 heterocycles. The topological polar surface area (TPSA) is 52.8 Å². The third-order valence-electron chi connectivity index (χ3n) is 3.63. The first-order valence-electron chi connectivity index (χ1n) is 8.15. The fourth-order valence-electron chi connectivity index (χ4n) is 2.48. The van der Waals surface area contributed by atoms with Gasteiger partial charge in [0, 0.05) is 7.05 Å². The Morgan fingerprint density at radius 3 is 2.68 bits per heavy atom. The number of para-hydroxylation sites is 2. The van der Waals surface area contributed by atoms with Gasteiger partial charge in [-0.2, -0.15) is 4.99 Å². The molecule has 1 aromatic heterocycles. The normalized spacial score (nSPS) is 11.7. The molecule has 1 amide bonds. The van der Waals surface area contributed by atoms with Gasteiger partial charge in [0.25, 0.3) is 5.91 Å². The van der Waals surface area contributed by atoms with E-state index in [1.165, 1.54) is 11.3 Å². The Hall–Kier alpha value is -2.60. The summed E-state index contributed by atoms with van der Waals surface area (Å²) in [6.07, 6.45) is 0.238. The number of hydrogen-bond donors (Lipinski definition) is 0. The second kappa shape index (κ2) is 7.98. The maximum atomic E-state index is 12.2. The van der Waals surface area contributed by atoms with E-state index in [2.05, 4.69) is 4.99 Å². The van der Waals surface area contributed by atoms with Crippen LogP contribution in [0, 0.1) is 0 Å². The SMILES string of the molecule is CCOc1cccc2sc(=NC(=O)CCOc3ccccc3)n(C)c12. The van der Waals surface area contributed by atoms with E-state index in [1.54, 1.807) is 0 Å². The van der Waals surface area contributed by atoms with Crippen LogP contribution in [0.15, 0.2) is 53.5 Å². The zero-order valence-corrected chi connectivity index (χ0v) is 15.1. The largest absolute Gasteiger partial charge is 0.493 e. The number of benzene rings is 2. The van der Waals surface area contributed by atoms with Crippen molar-refractivity contribution < 1.29 is 14.3 Å². The summed E-state index contributed by atoms with van der Waals surface area (Å²) in [6.45, 7) is 2.86. The van der Waals surface area contributed by atoms with E-state index in [1.807, 2.05) is 67.1 Å². The Kier molecular flexibility index (Phi) is 5.50. The number of nitrogens with zero attached hydrogens (tertiary/aromatic N) is 2. The smallest absolute Gasteiger partial charge is 0.251 e. The van der Waals surface area contributed by atoms with Crippen molar-refractivity contribution in [2.24, 2.45) is 12.0 Å². The molecule has 6 heteroatoms. The summed E-state index contributed by atoms with van der Waals surface area (Å²) in [6, 6.07) is 15.3. The zero-order chi connectivity index (χ0) is 17.6. The molecule has 25 heavy (non-hydrogen) atoms. The van der Waals surface area contributed by atoms with Gasteiger partial charge in [-0.1, -0.05) is 35.6 Å². The molecule has 0 bridgehead atoms. The Balaban J connectivity index is 1.75. The number of aryl methyl sites for hydroxylation is 1. The number of rotatable bonds is 6. The summed E-state index contributed by atoms with van der Waals surface area (Å²) in [5.41, 5.74) is 0.960. The van der Waals surface area contributed by atoms with Crippen LogP contribution in [0.5, 0.6) is 11.5 Å². The van der Waals surface area contributed by atoms with Gasteiger partial charge >= 0.3 is 0 Å². The third kappa shape index (κ3) is 4.09. The number of carbonyl (C=O) groups excluding carboxylic acids is 1. The van der Waals surface area contributed by atoms with Gasteiger partial charge in [0.2, 0.25) is 0 Å². The summed E-state index contributed by atoms with van der Waals surface area (Å²) in [7, 11) is 1.90. The van der Waals surface area contributed by atoms with Crippen molar-refractivity contribution in [1.29, 1.82) is 0 Å². The van der Waals surface area contributed by atoms with Crippen LogP contribution in [-0.2, 0) is 11.8 Å². The van der Waals surface area contributed by atoms with Gasteiger partial charge in [-0.25, -0.2) is 0 Å². The minimum absolute atomic E-state index is 0.198. The van der Waals surface area contributed by atoms with Crippen molar-refractivity contribution in [3.63, 3.8) is 0 Å². The zero-order valence-electron chi connectivity index (χ0n) is 14.3. The number of hydrogen-bond acceptors (Lipinski definition) is 4. The van der Waals surface area contributed by atoms with Crippen LogP contribution in [0.4, 0.5) is 0 Å². The van der Waals surface area contributed by atoms with E-state index >= 15 is 0 Å². The first-order chi connectivity index (χ1) is 12.2. The molecule has 0 aliphatic rings. The summed E-state index contributed by atoms with van der Waals surface area (Å²) in [5, 5.41) is 0. The monoisotopic (exact) mass is 356 g/mol. The van der Waals surface area contributed by atoms with Crippen LogP contribution < -0.4 is 14.3 Å². The molecule has 0 radical (unpaired) electrons. The summed E-state index contributed by atoms with van der Waals surface area (Å²) in [5.74, 6) is 1.36. The molecule has 130 valence electrons. The maximum Gasteiger partial charge on any atom is 0.251 e. The highest BCUT2D eigenvalue weighted by molar-refractivity contribution is 7.16. The molecule has 3 aromatic rings. The van der Waals surface area contributed by atoms with Crippen LogP contribution in [0.1, 0.15) is 13.3 Å². The highest BCUT2D eigenvalue weighted by Gasteiger charge is 2.10. The van der Waals surface area contributed by atoms with Crippen molar-refractivity contribution in [3.8, 4) is 11.5 Å². The summed E-state index contributed by atoms with van der Waals surface area (Å²) < 4.78 is 14.2. The van der Waals surface area contributed by atoms with Gasteiger partial charge in [-0.3, -0.25) is 4.79 Å². The van der Waals surface area contributed by atoms with Crippen LogP contribution in [-0.4, -0.2) is 23.7 Å². The van der Waals surface area contributed by atoms with Crippen LogP contribution in [0.25, 0.3) is 10.2 Å². The fraction of sp³-hybridized carbons (Fsp3) is 0.263. The third-order valence-corrected chi connectivity index (χ3v) is 4.73. The van der Waals surface area contributed by atoms with Gasteiger partial charge in [0.05, 0.1) is 24.3 Å². The summed E-state index contributed by atoms with van der Waals surface area (Å²) >= 11 is 1.48. The Bertz CT molecular complexity index is 929. The average Bonchev–Trinajstić information content (AvgIpc) is 2.93. The first-order valence-corrected chi connectivity index (χ1v) is 8.97. The van der Waals surface area contributed by atoms with Gasteiger partial charge in [0.15, 0.2) is 4.80 Å². The van der Waals surface area contributed by atoms with Crippen molar-refractivity contribution in [3.05, 3.63) is 53.3 Å². The first kappa shape index (κ1) is 17.2. The van der Waals surface area contributed by atoms with Crippen LogP contribution in [0.2, 0.25) is 0 Å². The molecule has 0 saturated heterocycles. The molecule has 0 saturated carbocycles.